The number of hydrogen-bond acceptors (Lipinski definition) is 3. The number of nitrogens with zero attached hydrogens (tertiary/aromatic N) is 2. The van der Waals surface area contributed by atoms with E-state index in [0.29, 0.717) is 47.2 Å². The summed E-state index contributed by atoms with van der Waals surface area (Å²) >= 11 is 10.2. The molecule has 0 aromatic heterocycles. The maximum Gasteiger partial charge on any atom is 0.255 e. The van der Waals surface area contributed by atoms with Gasteiger partial charge in [0.2, 0.25) is 0 Å². The molecule has 3 rings (SSSR count). The van der Waals surface area contributed by atoms with Crippen LogP contribution < -0.4 is 0 Å². The molecule has 2 aromatic rings. The molecular formula is C18H17ClN2O2S. The first kappa shape index (κ1) is 16.9. The van der Waals surface area contributed by atoms with Gasteiger partial charge in [0.05, 0.1) is 5.56 Å². The van der Waals surface area contributed by atoms with Crippen LogP contribution in [-0.4, -0.2) is 47.8 Å². The second kappa shape index (κ2) is 7.28. The lowest BCUT2D eigenvalue weighted by molar-refractivity contribution is 0.0533. The van der Waals surface area contributed by atoms with Gasteiger partial charge in [-0.05, 0) is 36.4 Å². The summed E-state index contributed by atoms with van der Waals surface area (Å²) in [5.74, 6) is -0.0763. The molecule has 1 aliphatic rings. The number of benzene rings is 2. The van der Waals surface area contributed by atoms with E-state index in [4.69, 9.17) is 11.6 Å². The quantitative estimate of drug-likeness (QED) is 0.835. The number of carbonyl (C=O) groups is 2. The molecule has 1 aliphatic heterocycles. The molecule has 4 nitrogen and oxygen atoms in total. The van der Waals surface area contributed by atoms with Gasteiger partial charge < -0.3 is 9.80 Å². The predicted molar refractivity (Wildman–Crippen MR) is 97.0 cm³/mol. The minimum absolute atomic E-state index is 0.0339. The Morgan fingerprint density at radius 1 is 0.833 bits per heavy atom. The molecule has 0 N–H and O–H groups in total. The molecule has 124 valence electrons. The second-order valence-electron chi connectivity index (χ2n) is 5.61. The van der Waals surface area contributed by atoms with Crippen molar-refractivity contribution in [2.24, 2.45) is 0 Å². The minimum atomic E-state index is -0.0424. The summed E-state index contributed by atoms with van der Waals surface area (Å²) in [6, 6.07) is 14.1. The van der Waals surface area contributed by atoms with E-state index in [2.05, 4.69) is 12.6 Å². The third-order valence-corrected chi connectivity index (χ3v) is 4.72. The van der Waals surface area contributed by atoms with Crippen LogP contribution in [0.1, 0.15) is 20.7 Å². The van der Waals surface area contributed by atoms with Crippen molar-refractivity contribution in [3.05, 3.63) is 64.7 Å². The van der Waals surface area contributed by atoms with Crippen LogP contribution >= 0.6 is 24.2 Å². The number of thiol groups is 1. The number of carbonyl (C=O) groups excluding carboxylic acids is 2. The lowest BCUT2D eigenvalue weighted by Gasteiger charge is -2.35. The zero-order chi connectivity index (χ0) is 17.1. The summed E-state index contributed by atoms with van der Waals surface area (Å²) in [6.07, 6.45) is 0. The Morgan fingerprint density at radius 2 is 1.38 bits per heavy atom. The molecule has 2 amide bonds. The third-order valence-electron chi connectivity index (χ3n) is 4.08. The van der Waals surface area contributed by atoms with E-state index in [-0.39, 0.29) is 11.8 Å². The topological polar surface area (TPSA) is 40.6 Å². The van der Waals surface area contributed by atoms with Crippen LogP contribution in [0.5, 0.6) is 0 Å². The third kappa shape index (κ3) is 3.57. The van der Waals surface area contributed by atoms with E-state index in [1.807, 2.05) is 12.1 Å². The molecule has 1 fully saturated rings. The number of halogens is 1. The predicted octanol–water partition coefficient (Wildman–Crippen LogP) is 3.23. The monoisotopic (exact) mass is 360 g/mol. The van der Waals surface area contributed by atoms with Gasteiger partial charge in [-0.25, -0.2) is 0 Å². The molecule has 0 atom stereocenters. The van der Waals surface area contributed by atoms with Crippen molar-refractivity contribution in [2.75, 3.05) is 26.2 Å². The van der Waals surface area contributed by atoms with Crippen molar-refractivity contribution in [1.29, 1.82) is 0 Å². The maximum atomic E-state index is 12.6. The normalized spacial score (nSPS) is 14.6. The van der Waals surface area contributed by atoms with E-state index in [1.165, 1.54) is 0 Å². The number of amides is 2. The van der Waals surface area contributed by atoms with Crippen LogP contribution in [0.2, 0.25) is 5.02 Å². The van der Waals surface area contributed by atoms with Gasteiger partial charge in [-0.1, -0.05) is 23.7 Å². The molecule has 0 aliphatic carbocycles. The van der Waals surface area contributed by atoms with Gasteiger partial charge in [0.15, 0.2) is 0 Å². The molecule has 0 spiro atoms. The van der Waals surface area contributed by atoms with Crippen LogP contribution in [0.3, 0.4) is 0 Å². The van der Waals surface area contributed by atoms with Gasteiger partial charge in [0.1, 0.15) is 0 Å². The molecule has 1 heterocycles. The Kier molecular flexibility index (Phi) is 5.11. The molecule has 6 heteroatoms. The van der Waals surface area contributed by atoms with Gasteiger partial charge in [-0.3, -0.25) is 9.59 Å². The fourth-order valence-electron chi connectivity index (χ4n) is 2.71. The molecule has 0 saturated carbocycles. The fraction of sp³-hybridized carbons (Fsp3) is 0.222. The van der Waals surface area contributed by atoms with E-state index >= 15 is 0 Å². The Balaban J connectivity index is 1.63. The van der Waals surface area contributed by atoms with Gasteiger partial charge in [0, 0.05) is 41.7 Å². The summed E-state index contributed by atoms with van der Waals surface area (Å²) in [7, 11) is 0. The minimum Gasteiger partial charge on any atom is -0.335 e. The molecule has 0 unspecified atom stereocenters. The Bertz CT molecular complexity index is 756. The van der Waals surface area contributed by atoms with Crippen molar-refractivity contribution in [3.63, 3.8) is 0 Å². The van der Waals surface area contributed by atoms with Crippen LogP contribution in [0, 0.1) is 0 Å². The molecule has 2 aromatic carbocycles. The number of hydrogen-bond donors (Lipinski definition) is 1. The van der Waals surface area contributed by atoms with Crippen molar-refractivity contribution < 1.29 is 9.59 Å². The van der Waals surface area contributed by atoms with Gasteiger partial charge in [-0.15, -0.1) is 12.6 Å². The fourth-order valence-corrected chi connectivity index (χ4v) is 3.09. The molecular weight excluding hydrogens is 344 g/mol. The summed E-state index contributed by atoms with van der Waals surface area (Å²) in [5, 5.41) is 0.604. The van der Waals surface area contributed by atoms with Gasteiger partial charge in [0.25, 0.3) is 11.8 Å². The van der Waals surface area contributed by atoms with Gasteiger partial charge >= 0.3 is 0 Å². The second-order valence-corrected chi connectivity index (χ2v) is 6.53. The summed E-state index contributed by atoms with van der Waals surface area (Å²) in [6.45, 7) is 2.06. The van der Waals surface area contributed by atoms with Crippen molar-refractivity contribution >= 4 is 36.0 Å². The van der Waals surface area contributed by atoms with Crippen molar-refractivity contribution in [3.8, 4) is 0 Å². The van der Waals surface area contributed by atoms with Crippen LogP contribution in [0.15, 0.2) is 53.4 Å². The van der Waals surface area contributed by atoms with Crippen molar-refractivity contribution in [2.45, 2.75) is 4.90 Å². The average molecular weight is 361 g/mol. The maximum absolute atomic E-state index is 12.6. The first-order chi connectivity index (χ1) is 11.6. The number of rotatable bonds is 2. The summed E-state index contributed by atoms with van der Waals surface area (Å²) < 4.78 is 0. The SMILES string of the molecule is O=C(c1ccc(Cl)cc1)N1CCN(C(=O)c2ccccc2S)CC1. The summed E-state index contributed by atoms with van der Waals surface area (Å²) in [5.41, 5.74) is 1.21. The Morgan fingerprint density at radius 3 is 1.96 bits per heavy atom. The Labute approximate surface area is 151 Å². The molecule has 0 bridgehead atoms. The van der Waals surface area contributed by atoms with Crippen LogP contribution in [0.25, 0.3) is 0 Å². The number of piperazine rings is 1. The van der Waals surface area contributed by atoms with E-state index < -0.39 is 0 Å². The van der Waals surface area contributed by atoms with Crippen molar-refractivity contribution in [1.82, 2.24) is 9.80 Å². The van der Waals surface area contributed by atoms with E-state index in [0.717, 1.165) is 0 Å². The highest BCUT2D eigenvalue weighted by molar-refractivity contribution is 7.80. The van der Waals surface area contributed by atoms with Gasteiger partial charge in [-0.2, -0.15) is 0 Å². The molecule has 24 heavy (non-hydrogen) atoms. The Hall–Kier alpha value is -1.98. The van der Waals surface area contributed by atoms with E-state index in [9.17, 15) is 9.59 Å². The first-order valence-electron chi connectivity index (χ1n) is 7.68. The van der Waals surface area contributed by atoms with E-state index in [1.54, 1.807) is 46.2 Å². The molecule has 0 radical (unpaired) electrons. The highest BCUT2D eigenvalue weighted by atomic mass is 35.5. The van der Waals surface area contributed by atoms with Crippen LogP contribution in [0.4, 0.5) is 0 Å². The highest BCUT2D eigenvalue weighted by Crippen LogP contribution is 2.18. The standard InChI is InChI=1S/C18H17ClN2O2S/c19-14-7-5-13(6-8-14)17(22)20-9-11-21(12-10-20)18(23)15-3-1-2-4-16(15)24/h1-8,24H,9-12H2. The average Bonchev–Trinajstić information content (AvgIpc) is 2.62. The summed E-state index contributed by atoms with van der Waals surface area (Å²) in [4.78, 5) is 29.2. The largest absolute Gasteiger partial charge is 0.335 e. The lowest BCUT2D eigenvalue weighted by atomic mass is 10.1. The highest BCUT2D eigenvalue weighted by Gasteiger charge is 2.26. The lowest BCUT2D eigenvalue weighted by Crippen LogP contribution is -2.50. The zero-order valence-electron chi connectivity index (χ0n) is 13.0. The van der Waals surface area contributed by atoms with Crippen LogP contribution in [-0.2, 0) is 0 Å². The zero-order valence-corrected chi connectivity index (χ0v) is 14.6. The molecule has 1 saturated heterocycles. The smallest absolute Gasteiger partial charge is 0.255 e. The first-order valence-corrected chi connectivity index (χ1v) is 8.51.